The molecule has 2 fully saturated rings. The van der Waals surface area contributed by atoms with Crippen LogP contribution < -0.4 is 0 Å². The van der Waals surface area contributed by atoms with E-state index < -0.39 is 0 Å². The lowest BCUT2D eigenvalue weighted by Crippen LogP contribution is -2.47. The van der Waals surface area contributed by atoms with Gasteiger partial charge in [-0.25, -0.2) is 0 Å². The summed E-state index contributed by atoms with van der Waals surface area (Å²) in [6, 6.07) is 0.747. The molecule has 0 bridgehead atoms. The summed E-state index contributed by atoms with van der Waals surface area (Å²) in [6.45, 7) is 4.48. The number of rotatable bonds is 1. The van der Waals surface area contributed by atoms with Crippen LogP contribution in [0.1, 0.15) is 32.1 Å². The van der Waals surface area contributed by atoms with E-state index in [9.17, 15) is 4.79 Å². The third kappa shape index (κ3) is 3.06. The van der Waals surface area contributed by atoms with Gasteiger partial charge in [0, 0.05) is 41.7 Å². The normalized spacial score (nSPS) is 25.5. The molecule has 0 aromatic carbocycles. The van der Waals surface area contributed by atoms with Gasteiger partial charge in [0.1, 0.15) is 0 Å². The van der Waals surface area contributed by atoms with Crippen molar-refractivity contribution in [2.45, 2.75) is 38.1 Å². The lowest BCUT2D eigenvalue weighted by atomic mass is 10.0. The van der Waals surface area contributed by atoms with E-state index in [-0.39, 0.29) is 3.91 Å². The van der Waals surface area contributed by atoms with Crippen molar-refractivity contribution >= 4 is 26.5 Å². The molecule has 0 saturated carbocycles. The smallest absolute Gasteiger partial charge is 0.283 e. The molecule has 2 rings (SSSR count). The zero-order valence-corrected chi connectivity index (χ0v) is 11.3. The standard InChI is InChI=1S/C11H19IN2O/c12-11(15)14-8-4-10(5-9-14)13-6-2-1-3-7-13/h10H,1-9H2. The summed E-state index contributed by atoms with van der Waals surface area (Å²) in [6.07, 6.45) is 6.49. The van der Waals surface area contributed by atoms with Crippen molar-refractivity contribution in [1.82, 2.24) is 9.80 Å². The largest absolute Gasteiger partial charge is 0.334 e. The number of amides is 1. The summed E-state index contributed by atoms with van der Waals surface area (Å²) in [7, 11) is 0. The van der Waals surface area contributed by atoms with E-state index in [1.54, 1.807) is 0 Å². The Morgan fingerprint density at radius 3 is 2.13 bits per heavy atom. The van der Waals surface area contributed by atoms with E-state index in [2.05, 4.69) is 4.90 Å². The number of nitrogens with zero attached hydrogens (tertiary/aromatic N) is 2. The van der Waals surface area contributed by atoms with Gasteiger partial charge in [0.25, 0.3) is 3.91 Å². The maximum Gasteiger partial charge on any atom is 0.283 e. The average Bonchev–Trinajstić information content (AvgIpc) is 2.30. The van der Waals surface area contributed by atoms with Crippen LogP contribution in [-0.2, 0) is 0 Å². The van der Waals surface area contributed by atoms with Crippen molar-refractivity contribution in [3.63, 3.8) is 0 Å². The van der Waals surface area contributed by atoms with Gasteiger partial charge in [0.15, 0.2) is 0 Å². The molecule has 0 atom stereocenters. The Kier molecular flexibility index (Phi) is 4.25. The first kappa shape index (κ1) is 11.6. The van der Waals surface area contributed by atoms with Crippen LogP contribution in [-0.4, -0.2) is 45.9 Å². The molecule has 4 heteroatoms. The minimum absolute atomic E-state index is 0.213. The van der Waals surface area contributed by atoms with Crippen LogP contribution in [0.25, 0.3) is 0 Å². The summed E-state index contributed by atoms with van der Waals surface area (Å²) in [5.74, 6) is 0. The molecule has 0 aromatic heterocycles. The van der Waals surface area contributed by atoms with Gasteiger partial charge in [0.05, 0.1) is 0 Å². The van der Waals surface area contributed by atoms with Gasteiger partial charge < -0.3 is 9.80 Å². The highest BCUT2D eigenvalue weighted by atomic mass is 127. The van der Waals surface area contributed by atoms with Crippen molar-refractivity contribution < 1.29 is 4.79 Å². The second kappa shape index (κ2) is 5.48. The lowest BCUT2D eigenvalue weighted by molar-refractivity contribution is 0.108. The highest BCUT2D eigenvalue weighted by Crippen LogP contribution is 2.21. The molecular formula is C11H19IN2O. The number of likely N-dealkylation sites (tertiary alicyclic amines) is 2. The van der Waals surface area contributed by atoms with Crippen molar-refractivity contribution in [2.75, 3.05) is 26.2 Å². The van der Waals surface area contributed by atoms with Gasteiger partial charge in [-0.3, -0.25) is 4.79 Å². The van der Waals surface area contributed by atoms with Crippen LogP contribution in [0.3, 0.4) is 0 Å². The Morgan fingerprint density at radius 1 is 1.00 bits per heavy atom. The fourth-order valence-corrected chi connectivity index (χ4v) is 3.17. The predicted molar refractivity (Wildman–Crippen MR) is 69.4 cm³/mol. The van der Waals surface area contributed by atoms with Crippen LogP contribution in [0.2, 0.25) is 0 Å². The number of hydrogen-bond donors (Lipinski definition) is 0. The summed E-state index contributed by atoms with van der Waals surface area (Å²) in [5.41, 5.74) is 0. The molecule has 0 aliphatic carbocycles. The molecule has 2 aliphatic heterocycles. The summed E-state index contributed by atoms with van der Waals surface area (Å²) in [5, 5.41) is 0. The zero-order chi connectivity index (χ0) is 10.7. The van der Waals surface area contributed by atoms with Crippen LogP contribution in [0.5, 0.6) is 0 Å². The van der Waals surface area contributed by atoms with Gasteiger partial charge in [0.2, 0.25) is 0 Å². The van der Waals surface area contributed by atoms with Crippen molar-refractivity contribution in [2.24, 2.45) is 0 Å². The Balaban J connectivity index is 1.79. The first-order chi connectivity index (χ1) is 7.27. The SMILES string of the molecule is O=C(I)N1CCC(N2CCCCC2)CC1. The second-order valence-electron chi connectivity index (χ2n) is 4.57. The summed E-state index contributed by atoms with van der Waals surface area (Å²) < 4.78 is 0.213. The molecule has 1 amide bonds. The first-order valence-electron chi connectivity index (χ1n) is 5.96. The van der Waals surface area contributed by atoms with Crippen LogP contribution in [0, 0.1) is 0 Å². The number of carbonyl (C=O) groups excluding carboxylic acids is 1. The van der Waals surface area contributed by atoms with Crippen LogP contribution in [0.4, 0.5) is 4.79 Å². The second-order valence-corrected chi connectivity index (χ2v) is 5.49. The molecule has 2 heterocycles. The number of hydrogen-bond acceptors (Lipinski definition) is 2. The molecule has 0 N–H and O–H groups in total. The van der Waals surface area contributed by atoms with Gasteiger partial charge in [-0.05, 0) is 38.8 Å². The average molecular weight is 322 g/mol. The molecule has 0 radical (unpaired) electrons. The summed E-state index contributed by atoms with van der Waals surface area (Å²) >= 11 is 1.90. The number of carbonyl (C=O) groups is 1. The lowest BCUT2D eigenvalue weighted by Gasteiger charge is -2.39. The van der Waals surface area contributed by atoms with Gasteiger partial charge in [-0.2, -0.15) is 0 Å². The van der Waals surface area contributed by atoms with Crippen LogP contribution >= 0.6 is 22.6 Å². The Morgan fingerprint density at radius 2 is 1.60 bits per heavy atom. The Hall–Kier alpha value is 0.160. The zero-order valence-electron chi connectivity index (χ0n) is 9.12. The molecule has 2 aliphatic rings. The third-order valence-corrected chi connectivity index (χ3v) is 4.30. The highest BCUT2D eigenvalue weighted by molar-refractivity contribution is 14.1. The van der Waals surface area contributed by atoms with Gasteiger partial charge >= 0.3 is 0 Å². The van der Waals surface area contributed by atoms with E-state index in [0.717, 1.165) is 19.1 Å². The van der Waals surface area contributed by atoms with Crippen molar-refractivity contribution in [3.8, 4) is 0 Å². The molecule has 0 unspecified atom stereocenters. The van der Waals surface area contributed by atoms with Crippen LogP contribution in [0.15, 0.2) is 0 Å². The molecule has 0 spiro atoms. The minimum atomic E-state index is 0.213. The maximum atomic E-state index is 11.2. The number of piperidine rings is 2. The predicted octanol–water partition coefficient (Wildman–Crippen LogP) is 2.49. The molecular weight excluding hydrogens is 303 g/mol. The van der Waals surface area contributed by atoms with E-state index in [1.807, 2.05) is 27.5 Å². The Labute approximate surface area is 105 Å². The molecule has 15 heavy (non-hydrogen) atoms. The molecule has 0 aromatic rings. The third-order valence-electron chi connectivity index (χ3n) is 3.62. The molecule has 86 valence electrons. The van der Waals surface area contributed by atoms with Gasteiger partial charge in [-0.15, -0.1) is 0 Å². The van der Waals surface area contributed by atoms with E-state index in [4.69, 9.17) is 0 Å². The number of halogens is 1. The van der Waals surface area contributed by atoms with E-state index in [1.165, 1.54) is 45.2 Å². The minimum Gasteiger partial charge on any atom is -0.334 e. The van der Waals surface area contributed by atoms with E-state index >= 15 is 0 Å². The Bertz CT molecular complexity index is 221. The van der Waals surface area contributed by atoms with Gasteiger partial charge in [-0.1, -0.05) is 6.42 Å². The quantitative estimate of drug-likeness (QED) is 0.421. The van der Waals surface area contributed by atoms with Crippen molar-refractivity contribution in [1.29, 1.82) is 0 Å². The molecule has 3 nitrogen and oxygen atoms in total. The fraction of sp³-hybridized carbons (Fsp3) is 0.909. The topological polar surface area (TPSA) is 23.6 Å². The van der Waals surface area contributed by atoms with Crippen molar-refractivity contribution in [3.05, 3.63) is 0 Å². The maximum absolute atomic E-state index is 11.2. The monoisotopic (exact) mass is 322 g/mol. The van der Waals surface area contributed by atoms with E-state index in [0.29, 0.717) is 0 Å². The molecule has 2 saturated heterocycles. The first-order valence-corrected chi connectivity index (χ1v) is 7.04. The summed E-state index contributed by atoms with van der Waals surface area (Å²) in [4.78, 5) is 15.8. The fourth-order valence-electron chi connectivity index (χ4n) is 2.69. The highest BCUT2D eigenvalue weighted by Gasteiger charge is 2.26.